The van der Waals surface area contributed by atoms with Crippen LogP contribution in [-0.2, 0) is 16.6 Å². The third-order valence-corrected chi connectivity index (χ3v) is 4.79. The molecule has 1 N–H and O–H groups in total. The first-order valence-corrected chi connectivity index (χ1v) is 7.99. The Morgan fingerprint density at radius 2 is 1.55 bits per heavy atom. The molecule has 0 heterocycles. The molecule has 0 atom stereocenters. The van der Waals surface area contributed by atoms with Crippen molar-refractivity contribution in [3.05, 3.63) is 64.7 Å². The molecule has 0 aliphatic rings. The van der Waals surface area contributed by atoms with Gasteiger partial charge in [-0.05, 0) is 49.6 Å². The van der Waals surface area contributed by atoms with E-state index in [1.54, 1.807) is 24.3 Å². The molecule has 0 aliphatic heterocycles. The number of aryl methyl sites for hydroxylation is 3. The highest BCUT2D eigenvalue weighted by Gasteiger charge is 2.13. The minimum absolute atomic E-state index is 0.298. The molecule has 20 heavy (non-hydrogen) atoms. The Balaban J connectivity index is 2.13. The van der Waals surface area contributed by atoms with Crippen molar-refractivity contribution in [1.29, 1.82) is 0 Å². The van der Waals surface area contributed by atoms with Gasteiger partial charge in [0.25, 0.3) is 0 Å². The van der Waals surface area contributed by atoms with Crippen molar-refractivity contribution in [3.63, 3.8) is 0 Å². The van der Waals surface area contributed by atoms with E-state index in [2.05, 4.69) is 4.72 Å². The van der Waals surface area contributed by atoms with E-state index < -0.39 is 10.0 Å². The van der Waals surface area contributed by atoms with E-state index in [1.165, 1.54) is 5.56 Å². The van der Waals surface area contributed by atoms with Crippen LogP contribution in [0.1, 0.15) is 22.3 Å². The van der Waals surface area contributed by atoms with E-state index in [9.17, 15) is 8.42 Å². The molecule has 2 aromatic rings. The van der Waals surface area contributed by atoms with E-state index in [1.807, 2.05) is 39.0 Å². The zero-order valence-corrected chi connectivity index (χ0v) is 12.8. The summed E-state index contributed by atoms with van der Waals surface area (Å²) in [5.41, 5.74) is 4.37. The molecular formula is C16H19NO2S. The molecule has 0 bridgehead atoms. The topological polar surface area (TPSA) is 46.2 Å². The molecule has 4 heteroatoms. The first-order valence-electron chi connectivity index (χ1n) is 6.51. The molecule has 0 radical (unpaired) electrons. The third-order valence-electron chi connectivity index (χ3n) is 3.37. The maximum absolute atomic E-state index is 12.2. The van der Waals surface area contributed by atoms with Gasteiger partial charge in [-0.2, -0.15) is 0 Å². The highest BCUT2D eigenvalue weighted by molar-refractivity contribution is 7.89. The Hall–Kier alpha value is -1.65. The van der Waals surface area contributed by atoms with Gasteiger partial charge in [0.1, 0.15) is 0 Å². The first kappa shape index (κ1) is 14.8. The Morgan fingerprint density at radius 3 is 2.15 bits per heavy atom. The van der Waals surface area contributed by atoms with Gasteiger partial charge in [0.15, 0.2) is 0 Å². The van der Waals surface area contributed by atoms with Gasteiger partial charge < -0.3 is 0 Å². The highest BCUT2D eigenvalue weighted by Crippen LogP contribution is 2.13. The molecule has 0 spiro atoms. The average Bonchev–Trinajstić information content (AvgIpc) is 2.41. The summed E-state index contributed by atoms with van der Waals surface area (Å²) >= 11 is 0. The van der Waals surface area contributed by atoms with Crippen molar-refractivity contribution in [2.24, 2.45) is 0 Å². The second kappa shape index (κ2) is 5.77. The summed E-state index contributed by atoms with van der Waals surface area (Å²) in [4.78, 5) is 0.298. The largest absolute Gasteiger partial charge is 0.240 e. The van der Waals surface area contributed by atoms with Crippen LogP contribution in [0.2, 0.25) is 0 Å². The summed E-state index contributed by atoms with van der Waals surface area (Å²) in [7, 11) is -3.45. The lowest BCUT2D eigenvalue weighted by molar-refractivity contribution is 0.581. The fourth-order valence-corrected chi connectivity index (χ4v) is 2.91. The molecule has 0 aliphatic carbocycles. The molecule has 0 amide bonds. The molecule has 0 saturated heterocycles. The van der Waals surface area contributed by atoms with Crippen molar-refractivity contribution in [2.75, 3.05) is 0 Å². The van der Waals surface area contributed by atoms with Crippen LogP contribution < -0.4 is 4.72 Å². The molecule has 2 aromatic carbocycles. The predicted molar refractivity (Wildman–Crippen MR) is 81.1 cm³/mol. The number of nitrogens with one attached hydrogen (secondary N) is 1. The lowest BCUT2D eigenvalue weighted by Crippen LogP contribution is -2.23. The molecule has 106 valence electrons. The Labute approximate surface area is 120 Å². The van der Waals surface area contributed by atoms with Crippen LogP contribution in [0.25, 0.3) is 0 Å². The van der Waals surface area contributed by atoms with Crippen molar-refractivity contribution in [3.8, 4) is 0 Å². The van der Waals surface area contributed by atoms with Gasteiger partial charge in [-0.1, -0.05) is 35.9 Å². The Morgan fingerprint density at radius 1 is 0.900 bits per heavy atom. The second-order valence-corrected chi connectivity index (χ2v) is 6.82. The third kappa shape index (κ3) is 3.46. The summed E-state index contributed by atoms with van der Waals surface area (Å²) in [6.07, 6.45) is 0. The number of sulfonamides is 1. The normalized spacial score (nSPS) is 11.6. The fraction of sp³-hybridized carbons (Fsp3) is 0.250. The Kier molecular flexibility index (Phi) is 4.26. The summed E-state index contributed by atoms with van der Waals surface area (Å²) < 4.78 is 26.9. The fourth-order valence-electron chi connectivity index (χ4n) is 1.89. The maximum atomic E-state index is 12.2. The zero-order chi connectivity index (χ0) is 14.8. The SMILES string of the molecule is Cc1ccc(S(=O)(=O)NCc2ccc(C)c(C)c2)cc1. The van der Waals surface area contributed by atoms with E-state index >= 15 is 0 Å². The van der Waals surface area contributed by atoms with Gasteiger partial charge in [0, 0.05) is 6.54 Å². The molecule has 0 saturated carbocycles. The van der Waals surface area contributed by atoms with Crippen LogP contribution in [0.4, 0.5) is 0 Å². The monoisotopic (exact) mass is 289 g/mol. The van der Waals surface area contributed by atoms with E-state index in [0.717, 1.165) is 16.7 Å². The standard InChI is InChI=1S/C16H19NO2S/c1-12-4-8-16(9-5-12)20(18,19)17-11-15-7-6-13(2)14(3)10-15/h4-10,17H,11H2,1-3H3. The summed E-state index contributed by atoms with van der Waals surface area (Å²) in [6.45, 7) is 6.29. The quantitative estimate of drug-likeness (QED) is 0.940. The van der Waals surface area contributed by atoms with Crippen molar-refractivity contribution in [2.45, 2.75) is 32.2 Å². The summed E-state index contributed by atoms with van der Waals surface area (Å²) in [6, 6.07) is 12.8. The molecular weight excluding hydrogens is 270 g/mol. The van der Waals surface area contributed by atoms with Gasteiger partial charge in [-0.3, -0.25) is 0 Å². The van der Waals surface area contributed by atoms with Crippen LogP contribution in [0.3, 0.4) is 0 Å². The van der Waals surface area contributed by atoms with Gasteiger partial charge >= 0.3 is 0 Å². The number of rotatable bonds is 4. The van der Waals surface area contributed by atoms with Crippen molar-refractivity contribution < 1.29 is 8.42 Å². The number of hydrogen-bond donors (Lipinski definition) is 1. The van der Waals surface area contributed by atoms with Gasteiger partial charge in [-0.25, -0.2) is 13.1 Å². The van der Waals surface area contributed by atoms with Crippen LogP contribution in [0.5, 0.6) is 0 Å². The maximum Gasteiger partial charge on any atom is 0.240 e. The highest BCUT2D eigenvalue weighted by atomic mass is 32.2. The zero-order valence-electron chi connectivity index (χ0n) is 12.0. The smallest absolute Gasteiger partial charge is 0.207 e. The predicted octanol–water partition coefficient (Wildman–Crippen LogP) is 3.09. The molecule has 0 unspecified atom stereocenters. The molecule has 0 fully saturated rings. The van der Waals surface area contributed by atoms with Gasteiger partial charge in [-0.15, -0.1) is 0 Å². The Bertz CT molecular complexity index is 704. The molecule has 0 aromatic heterocycles. The summed E-state index contributed by atoms with van der Waals surface area (Å²) in [5, 5.41) is 0. The van der Waals surface area contributed by atoms with Crippen molar-refractivity contribution >= 4 is 10.0 Å². The van der Waals surface area contributed by atoms with Crippen molar-refractivity contribution in [1.82, 2.24) is 4.72 Å². The molecule has 3 nitrogen and oxygen atoms in total. The van der Waals surface area contributed by atoms with Crippen LogP contribution in [0, 0.1) is 20.8 Å². The average molecular weight is 289 g/mol. The lowest BCUT2D eigenvalue weighted by Gasteiger charge is -2.08. The first-order chi connectivity index (χ1) is 9.38. The van der Waals surface area contributed by atoms with Gasteiger partial charge in [0.2, 0.25) is 10.0 Å². The minimum atomic E-state index is -3.45. The summed E-state index contributed by atoms with van der Waals surface area (Å²) in [5.74, 6) is 0. The second-order valence-electron chi connectivity index (χ2n) is 5.06. The minimum Gasteiger partial charge on any atom is -0.207 e. The lowest BCUT2D eigenvalue weighted by atomic mass is 10.1. The number of benzene rings is 2. The molecule has 2 rings (SSSR count). The van der Waals surface area contributed by atoms with E-state index in [-0.39, 0.29) is 0 Å². The van der Waals surface area contributed by atoms with Crippen LogP contribution in [-0.4, -0.2) is 8.42 Å². The van der Waals surface area contributed by atoms with Crippen LogP contribution in [0.15, 0.2) is 47.4 Å². The van der Waals surface area contributed by atoms with E-state index in [0.29, 0.717) is 11.4 Å². The van der Waals surface area contributed by atoms with Crippen LogP contribution >= 0.6 is 0 Å². The van der Waals surface area contributed by atoms with E-state index in [4.69, 9.17) is 0 Å². The number of hydrogen-bond acceptors (Lipinski definition) is 2. The van der Waals surface area contributed by atoms with Gasteiger partial charge in [0.05, 0.1) is 4.90 Å².